The van der Waals surface area contributed by atoms with Gasteiger partial charge in [-0.15, -0.1) is 11.8 Å². The van der Waals surface area contributed by atoms with Crippen LogP contribution in [-0.2, 0) is 0 Å². The number of alkyl halides is 3. The third kappa shape index (κ3) is 3.58. The molecule has 1 aromatic heterocycles. The molecule has 0 aliphatic rings. The average Bonchev–Trinajstić information content (AvgIpc) is 2.68. The maximum atomic E-state index is 14.1. The van der Waals surface area contributed by atoms with E-state index < -0.39 is 17.7 Å². The van der Waals surface area contributed by atoms with Crippen LogP contribution in [0.3, 0.4) is 0 Å². The van der Waals surface area contributed by atoms with Gasteiger partial charge in [0, 0.05) is 10.5 Å². The summed E-state index contributed by atoms with van der Waals surface area (Å²) >= 11 is 0.643. The standard InChI is InChI=1S/C14H13F4NOS/c1-7-4-11(15)10(13-8(2)19-20-9(13)3)5-12(7)21-6-14(16,17)18/h4-5H,6H2,1-3H3. The van der Waals surface area contributed by atoms with E-state index in [4.69, 9.17) is 4.52 Å². The minimum absolute atomic E-state index is 0.210. The van der Waals surface area contributed by atoms with Gasteiger partial charge in [0.05, 0.1) is 17.0 Å². The van der Waals surface area contributed by atoms with Crippen molar-refractivity contribution in [2.75, 3.05) is 5.75 Å². The molecule has 2 nitrogen and oxygen atoms in total. The Morgan fingerprint density at radius 1 is 1.19 bits per heavy atom. The summed E-state index contributed by atoms with van der Waals surface area (Å²) in [6.07, 6.45) is -4.27. The van der Waals surface area contributed by atoms with Crippen molar-refractivity contribution in [2.24, 2.45) is 0 Å². The lowest BCUT2D eigenvalue weighted by Crippen LogP contribution is -2.10. The van der Waals surface area contributed by atoms with Crippen LogP contribution in [0.2, 0.25) is 0 Å². The molecule has 0 aliphatic heterocycles. The van der Waals surface area contributed by atoms with Crippen molar-refractivity contribution in [3.05, 3.63) is 35.0 Å². The van der Waals surface area contributed by atoms with Gasteiger partial charge in [-0.05, 0) is 38.5 Å². The van der Waals surface area contributed by atoms with Crippen LogP contribution in [0.1, 0.15) is 17.0 Å². The fraction of sp³-hybridized carbons (Fsp3) is 0.357. The summed E-state index contributed by atoms with van der Waals surface area (Å²) in [5.74, 6) is -1.08. The van der Waals surface area contributed by atoms with E-state index in [1.165, 1.54) is 12.1 Å². The van der Waals surface area contributed by atoms with Gasteiger partial charge in [0.1, 0.15) is 11.6 Å². The molecule has 21 heavy (non-hydrogen) atoms. The van der Waals surface area contributed by atoms with Crippen LogP contribution in [0.4, 0.5) is 17.6 Å². The Labute approximate surface area is 123 Å². The summed E-state index contributed by atoms with van der Waals surface area (Å²) in [5, 5.41) is 3.74. The van der Waals surface area contributed by atoms with Crippen LogP contribution in [0.15, 0.2) is 21.6 Å². The molecule has 7 heteroatoms. The predicted octanol–water partition coefficient (Wildman–Crippen LogP) is 5.06. The van der Waals surface area contributed by atoms with Gasteiger partial charge in [-0.25, -0.2) is 4.39 Å². The van der Waals surface area contributed by atoms with Gasteiger partial charge in [-0.3, -0.25) is 0 Å². The predicted molar refractivity (Wildman–Crippen MR) is 72.9 cm³/mol. The largest absolute Gasteiger partial charge is 0.398 e. The second kappa shape index (κ2) is 5.71. The van der Waals surface area contributed by atoms with Crippen LogP contribution < -0.4 is 0 Å². The van der Waals surface area contributed by atoms with Gasteiger partial charge in [0.15, 0.2) is 0 Å². The van der Waals surface area contributed by atoms with Gasteiger partial charge >= 0.3 is 6.18 Å². The van der Waals surface area contributed by atoms with E-state index in [1.54, 1.807) is 20.8 Å². The van der Waals surface area contributed by atoms with Gasteiger partial charge < -0.3 is 4.52 Å². The van der Waals surface area contributed by atoms with Crippen molar-refractivity contribution in [2.45, 2.75) is 31.8 Å². The molecule has 2 rings (SSSR count). The smallest absolute Gasteiger partial charge is 0.361 e. The Balaban J connectivity index is 2.44. The molecule has 0 amide bonds. The van der Waals surface area contributed by atoms with Crippen LogP contribution in [0, 0.1) is 26.6 Å². The van der Waals surface area contributed by atoms with Crippen LogP contribution in [0.5, 0.6) is 0 Å². The Kier molecular flexibility index (Phi) is 4.32. The van der Waals surface area contributed by atoms with Gasteiger partial charge in [-0.1, -0.05) is 5.16 Å². The van der Waals surface area contributed by atoms with E-state index in [2.05, 4.69) is 5.16 Å². The van der Waals surface area contributed by atoms with E-state index in [0.29, 0.717) is 39.2 Å². The molecule has 0 unspecified atom stereocenters. The van der Waals surface area contributed by atoms with Gasteiger partial charge in [-0.2, -0.15) is 13.2 Å². The molecule has 2 aromatic rings. The number of aryl methyl sites for hydroxylation is 3. The van der Waals surface area contributed by atoms with Gasteiger partial charge in [0.25, 0.3) is 0 Å². The van der Waals surface area contributed by atoms with Crippen molar-refractivity contribution in [1.82, 2.24) is 5.16 Å². The number of halogens is 4. The number of aromatic nitrogens is 1. The molecule has 114 valence electrons. The van der Waals surface area contributed by atoms with Crippen molar-refractivity contribution in [3.63, 3.8) is 0 Å². The average molecular weight is 319 g/mol. The van der Waals surface area contributed by atoms with Crippen LogP contribution >= 0.6 is 11.8 Å². The van der Waals surface area contributed by atoms with Gasteiger partial charge in [0.2, 0.25) is 0 Å². The summed E-state index contributed by atoms with van der Waals surface area (Å²) in [6, 6.07) is 2.66. The molecular formula is C14H13F4NOS. The van der Waals surface area contributed by atoms with Crippen LogP contribution in [0.25, 0.3) is 11.1 Å². The second-order valence-corrected chi connectivity index (χ2v) is 5.72. The summed E-state index contributed by atoms with van der Waals surface area (Å²) < 4.78 is 56.1. The van der Waals surface area contributed by atoms with E-state index in [-0.39, 0.29) is 5.56 Å². The number of hydrogen-bond donors (Lipinski definition) is 0. The third-order valence-corrected chi connectivity index (χ3v) is 4.18. The molecule has 0 atom stereocenters. The Hall–Kier alpha value is -1.50. The first-order valence-corrected chi connectivity index (χ1v) is 7.10. The molecule has 0 fully saturated rings. The summed E-state index contributed by atoms with van der Waals surface area (Å²) in [4.78, 5) is 0.392. The Bertz CT molecular complexity index is 644. The normalized spacial score (nSPS) is 12.0. The number of nitrogens with zero attached hydrogens (tertiary/aromatic N) is 1. The number of thioether (sulfide) groups is 1. The molecule has 0 saturated carbocycles. The zero-order valence-corrected chi connectivity index (χ0v) is 12.5. The topological polar surface area (TPSA) is 26.0 Å². The van der Waals surface area contributed by atoms with E-state index in [1.807, 2.05) is 0 Å². The lowest BCUT2D eigenvalue weighted by atomic mass is 10.0. The quantitative estimate of drug-likeness (QED) is 0.584. The van der Waals surface area contributed by atoms with Crippen molar-refractivity contribution in [1.29, 1.82) is 0 Å². The summed E-state index contributed by atoms with van der Waals surface area (Å²) in [5.41, 5.74) is 1.67. The molecule has 0 aliphatic carbocycles. The lowest BCUT2D eigenvalue weighted by molar-refractivity contribution is -0.105. The number of benzene rings is 1. The first-order chi connectivity index (χ1) is 9.69. The second-order valence-electron chi connectivity index (χ2n) is 4.70. The zero-order valence-electron chi connectivity index (χ0n) is 11.6. The maximum Gasteiger partial charge on any atom is 0.398 e. The monoisotopic (exact) mass is 319 g/mol. The van der Waals surface area contributed by atoms with E-state index >= 15 is 0 Å². The SMILES string of the molecule is Cc1cc(F)c(-c2c(C)noc2C)cc1SCC(F)(F)F. The molecule has 0 N–H and O–H groups in total. The summed E-state index contributed by atoms with van der Waals surface area (Å²) in [7, 11) is 0. The fourth-order valence-electron chi connectivity index (χ4n) is 2.03. The number of rotatable bonds is 3. The van der Waals surface area contributed by atoms with Crippen molar-refractivity contribution >= 4 is 11.8 Å². The maximum absolute atomic E-state index is 14.1. The lowest BCUT2D eigenvalue weighted by Gasteiger charge is -2.11. The molecule has 1 heterocycles. The zero-order chi connectivity index (χ0) is 15.8. The van der Waals surface area contributed by atoms with Crippen LogP contribution in [-0.4, -0.2) is 17.1 Å². The Morgan fingerprint density at radius 2 is 1.86 bits per heavy atom. The highest BCUT2D eigenvalue weighted by Gasteiger charge is 2.28. The molecule has 0 radical (unpaired) electrons. The van der Waals surface area contributed by atoms with Crippen molar-refractivity contribution < 1.29 is 22.1 Å². The fourth-order valence-corrected chi connectivity index (χ4v) is 2.83. The molecule has 0 saturated heterocycles. The highest BCUT2D eigenvalue weighted by Crippen LogP contribution is 2.36. The Morgan fingerprint density at radius 3 is 2.38 bits per heavy atom. The molecule has 1 aromatic carbocycles. The summed E-state index contributed by atoms with van der Waals surface area (Å²) in [6.45, 7) is 4.88. The minimum Gasteiger partial charge on any atom is -0.361 e. The molecule has 0 spiro atoms. The number of hydrogen-bond acceptors (Lipinski definition) is 3. The third-order valence-electron chi connectivity index (χ3n) is 2.96. The first kappa shape index (κ1) is 15.9. The first-order valence-electron chi connectivity index (χ1n) is 6.12. The molecular weight excluding hydrogens is 306 g/mol. The highest BCUT2D eigenvalue weighted by atomic mass is 32.2. The highest BCUT2D eigenvalue weighted by molar-refractivity contribution is 7.99. The molecule has 0 bridgehead atoms. The van der Waals surface area contributed by atoms with E-state index in [0.717, 1.165) is 0 Å². The minimum atomic E-state index is -4.27. The van der Waals surface area contributed by atoms with Crippen molar-refractivity contribution in [3.8, 4) is 11.1 Å². The van der Waals surface area contributed by atoms with E-state index in [9.17, 15) is 17.6 Å².